The molecule has 0 aromatic heterocycles. The summed E-state index contributed by atoms with van der Waals surface area (Å²) in [5.74, 6) is -0.283. The molecule has 6 heteroatoms. The zero-order valence-electron chi connectivity index (χ0n) is 11.6. The lowest BCUT2D eigenvalue weighted by Crippen LogP contribution is -2.42. The summed E-state index contributed by atoms with van der Waals surface area (Å²) in [4.78, 5) is 12.1. The molecule has 1 aromatic rings. The number of nitrogens with one attached hydrogen (secondary N) is 1. The number of hydrogen-bond donors (Lipinski definition) is 2. The highest BCUT2D eigenvalue weighted by Crippen LogP contribution is 2.20. The number of carbonyl (C=O) groups is 1. The van der Waals surface area contributed by atoms with E-state index in [0.717, 1.165) is 17.5 Å². The largest absolute Gasteiger partial charge is 0.399 e. The van der Waals surface area contributed by atoms with Gasteiger partial charge in [0.15, 0.2) is 9.84 Å². The number of amides is 1. The van der Waals surface area contributed by atoms with Gasteiger partial charge >= 0.3 is 0 Å². The van der Waals surface area contributed by atoms with Crippen molar-refractivity contribution in [2.45, 2.75) is 38.0 Å². The van der Waals surface area contributed by atoms with Crippen molar-refractivity contribution in [3.63, 3.8) is 0 Å². The highest BCUT2D eigenvalue weighted by molar-refractivity contribution is 7.92. The fourth-order valence-electron chi connectivity index (χ4n) is 2.44. The van der Waals surface area contributed by atoms with E-state index >= 15 is 0 Å². The maximum atomic E-state index is 12.1. The third kappa shape index (κ3) is 3.12. The summed E-state index contributed by atoms with van der Waals surface area (Å²) in [6.07, 6.45) is 1.86. The maximum Gasteiger partial charge on any atom is 0.238 e. The second kappa shape index (κ2) is 5.83. The molecule has 1 fully saturated rings. The van der Waals surface area contributed by atoms with Crippen LogP contribution in [-0.2, 0) is 21.2 Å². The van der Waals surface area contributed by atoms with Crippen LogP contribution in [0.4, 0.5) is 5.69 Å². The van der Waals surface area contributed by atoms with Gasteiger partial charge in [0, 0.05) is 12.2 Å². The van der Waals surface area contributed by atoms with Crippen LogP contribution < -0.4 is 11.1 Å². The Balaban J connectivity index is 2.03. The number of nitrogens with two attached hydrogens (primary N) is 1. The number of anilines is 1. The fourth-order valence-corrected chi connectivity index (χ4v) is 4.27. The van der Waals surface area contributed by atoms with Gasteiger partial charge in [0.25, 0.3) is 0 Å². The van der Waals surface area contributed by atoms with Crippen molar-refractivity contribution in [2.75, 3.05) is 11.5 Å². The summed E-state index contributed by atoms with van der Waals surface area (Å²) < 4.78 is 23.7. The Bertz CT molecular complexity index is 611. The number of sulfone groups is 1. The molecule has 1 aliphatic rings. The molecule has 5 nitrogen and oxygen atoms in total. The van der Waals surface area contributed by atoms with E-state index in [1.807, 2.05) is 19.1 Å². The first-order valence-corrected chi connectivity index (χ1v) is 8.46. The van der Waals surface area contributed by atoms with Crippen molar-refractivity contribution in [1.82, 2.24) is 5.32 Å². The van der Waals surface area contributed by atoms with Crippen LogP contribution >= 0.6 is 0 Å². The van der Waals surface area contributed by atoms with E-state index in [-0.39, 0.29) is 5.75 Å². The van der Waals surface area contributed by atoms with Crippen LogP contribution in [0.2, 0.25) is 0 Å². The lowest BCUT2D eigenvalue weighted by Gasteiger charge is -2.21. The molecule has 20 heavy (non-hydrogen) atoms. The standard InChI is InChI=1S/C14H20N2O3S/c1-10-11(5-4-6-12(10)15)9-16-14(17)13-7-2-3-8-20(13,18)19/h4-6,13H,2-3,7-9,15H2,1H3,(H,16,17). The number of carbonyl (C=O) groups excluding carboxylic acids is 1. The Kier molecular flexibility index (Phi) is 4.32. The highest BCUT2D eigenvalue weighted by atomic mass is 32.2. The zero-order valence-corrected chi connectivity index (χ0v) is 12.4. The third-order valence-corrected chi connectivity index (χ3v) is 5.99. The summed E-state index contributed by atoms with van der Waals surface area (Å²) in [6.45, 7) is 2.19. The summed E-state index contributed by atoms with van der Waals surface area (Å²) in [5, 5.41) is 1.83. The fraction of sp³-hybridized carbons (Fsp3) is 0.500. The van der Waals surface area contributed by atoms with Crippen LogP contribution in [0.3, 0.4) is 0 Å². The first-order valence-electron chi connectivity index (χ1n) is 6.75. The Morgan fingerprint density at radius 1 is 1.40 bits per heavy atom. The Morgan fingerprint density at radius 3 is 2.85 bits per heavy atom. The van der Waals surface area contributed by atoms with E-state index in [9.17, 15) is 13.2 Å². The van der Waals surface area contributed by atoms with Crippen LogP contribution in [0.5, 0.6) is 0 Å². The average molecular weight is 296 g/mol. The van der Waals surface area contributed by atoms with E-state index in [0.29, 0.717) is 25.1 Å². The van der Waals surface area contributed by atoms with Gasteiger partial charge in [-0.15, -0.1) is 0 Å². The first kappa shape index (κ1) is 14.8. The monoisotopic (exact) mass is 296 g/mol. The van der Waals surface area contributed by atoms with Crippen LogP contribution in [0.1, 0.15) is 30.4 Å². The van der Waals surface area contributed by atoms with Crippen molar-refractivity contribution in [1.29, 1.82) is 0 Å². The molecule has 0 saturated carbocycles. The molecule has 1 aromatic carbocycles. The van der Waals surface area contributed by atoms with Crippen molar-refractivity contribution in [3.8, 4) is 0 Å². The van der Waals surface area contributed by atoms with Gasteiger partial charge in [0.2, 0.25) is 5.91 Å². The minimum absolute atomic E-state index is 0.113. The van der Waals surface area contributed by atoms with Gasteiger partial charge in [0.1, 0.15) is 5.25 Å². The van der Waals surface area contributed by atoms with Gasteiger partial charge < -0.3 is 11.1 Å². The van der Waals surface area contributed by atoms with Gasteiger partial charge in [-0.05, 0) is 37.0 Å². The van der Waals surface area contributed by atoms with E-state index in [4.69, 9.17) is 5.73 Å². The molecule has 1 heterocycles. The van der Waals surface area contributed by atoms with Gasteiger partial charge in [0.05, 0.1) is 5.75 Å². The lowest BCUT2D eigenvalue weighted by molar-refractivity contribution is -0.121. The average Bonchev–Trinajstić information content (AvgIpc) is 2.39. The first-order chi connectivity index (χ1) is 9.42. The van der Waals surface area contributed by atoms with E-state index in [1.54, 1.807) is 6.07 Å². The Hall–Kier alpha value is -1.56. The molecule has 3 N–H and O–H groups in total. The molecular formula is C14H20N2O3S. The quantitative estimate of drug-likeness (QED) is 0.819. The maximum absolute atomic E-state index is 12.1. The van der Waals surface area contributed by atoms with Gasteiger partial charge in [-0.3, -0.25) is 4.79 Å². The number of benzene rings is 1. The molecule has 1 amide bonds. The lowest BCUT2D eigenvalue weighted by atomic mass is 10.1. The van der Waals surface area contributed by atoms with Crippen molar-refractivity contribution in [2.24, 2.45) is 0 Å². The molecular weight excluding hydrogens is 276 g/mol. The Morgan fingerprint density at radius 2 is 2.15 bits per heavy atom. The molecule has 1 saturated heterocycles. The van der Waals surface area contributed by atoms with Crippen LogP contribution in [0.25, 0.3) is 0 Å². The molecule has 1 aliphatic heterocycles. The molecule has 0 radical (unpaired) electrons. The molecule has 2 rings (SSSR count). The highest BCUT2D eigenvalue weighted by Gasteiger charge is 2.34. The van der Waals surface area contributed by atoms with E-state index in [2.05, 4.69) is 5.32 Å². The predicted molar refractivity (Wildman–Crippen MR) is 78.9 cm³/mol. The second-order valence-electron chi connectivity index (χ2n) is 5.20. The molecule has 1 atom stereocenters. The number of rotatable bonds is 3. The molecule has 1 unspecified atom stereocenters. The second-order valence-corrected chi connectivity index (χ2v) is 7.50. The minimum atomic E-state index is -3.28. The molecule has 0 aliphatic carbocycles. The normalized spacial score (nSPS) is 21.4. The minimum Gasteiger partial charge on any atom is -0.399 e. The van der Waals surface area contributed by atoms with E-state index in [1.165, 1.54) is 0 Å². The SMILES string of the molecule is Cc1c(N)cccc1CNC(=O)C1CCCCS1(=O)=O. The van der Waals surface area contributed by atoms with Crippen molar-refractivity contribution < 1.29 is 13.2 Å². The van der Waals surface area contributed by atoms with E-state index < -0.39 is 21.0 Å². The van der Waals surface area contributed by atoms with Crippen molar-refractivity contribution >= 4 is 21.4 Å². The summed E-state index contributed by atoms with van der Waals surface area (Å²) in [5.41, 5.74) is 8.30. The smallest absolute Gasteiger partial charge is 0.238 e. The van der Waals surface area contributed by atoms with Gasteiger partial charge in [-0.1, -0.05) is 18.6 Å². The van der Waals surface area contributed by atoms with Crippen LogP contribution in [-0.4, -0.2) is 25.3 Å². The van der Waals surface area contributed by atoms with Gasteiger partial charge in [-0.25, -0.2) is 8.42 Å². The third-order valence-electron chi connectivity index (χ3n) is 3.81. The molecule has 110 valence electrons. The Labute approximate surface area is 119 Å². The van der Waals surface area contributed by atoms with Gasteiger partial charge in [-0.2, -0.15) is 0 Å². The predicted octanol–water partition coefficient (Wildman–Crippen LogP) is 1.16. The number of hydrogen-bond acceptors (Lipinski definition) is 4. The summed E-state index contributed by atoms with van der Waals surface area (Å²) in [6, 6.07) is 5.49. The van der Waals surface area contributed by atoms with Crippen molar-refractivity contribution in [3.05, 3.63) is 29.3 Å². The summed E-state index contributed by atoms with van der Waals surface area (Å²) in [7, 11) is -3.28. The molecule has 0 spiro atoms. The zero-order chi connectivity index (χ0) is 14.8. The van der Waals surface area contributed by atoms with Crippen LogP contribution in [0, 0.1) is 6.92 Å². The van der Waals surface area contributed by atoms with Crippen LogP contribution in [0.15, 0.2) is 18.2 Å². The number of nitrogen functional groups attached to an aromatic ring is 1. The molecule has 0 bridgehead atoms. The topological polar surface area (TPSA) is 89.3 Å². The summed E-state index contributed by atoms with van der Waals surface area (Å²) >= 11 is 0.